The predicted octanol–water partition coefficient (Wildman–Crippen LogP) is 2.04. The van der Waals surface area contributed by atoms with Gasteiger partial charge in [0.2, 0.25) is 10.0 Å². The fourth-order valence-electron chi connectivity index (χ4n) is 3.40. The Morgan fingerprint density at radius 1 is 1.30 bits per heavy atom. The van der Waals surface area contributed by atoms with Gasteiger partial charge in [0.25, 0.3) is 0 Å². The van der Waals surface area contributed by atoms with Crippen LogP contribution in [-0.4, -0.2) is 37.0 Å². The van der Waals surface area contributed by atoms with E-state index in [0.29, 0.717) is 29.6 Å². The molecule has 6 heteroatoms. The van der Waals surface area contributed by atoms with E-state index in [9.17, 15) is 13.5 Å². The molecular weight excluding hydrogens is 298 g/mol. The van der Waals surface area contributed by atoms with E-state index in [0.717, 1.165) is 12.8 Å². The molecule has 0 aromatic heterocycles. The van der Waals surface area contributed by atoms with Crippen LogP contribution in [0.4, 0.5) is 0 Å². The summed E-state index contributed by atoms with van der Waals surface area (Å²) in [6.45, 7) is 2.65. The average molecular weight is 316 g/mol. The van der Waals surface area contributed by atoms with E-state index >= 15 is 0 Å². The SMILES string of the molecule is Cc1c(Cl)cccc1S(=O)(=O)N1CC2CCC(O)C2C1. The van der Waals surface area contributed by atoms with Crippen molar-refractivity contribution >= 4 is 21.6 Å². The number of rotatable bonds is 2. The minimum Gasteiger partial charge on any atom is -0.393 e. The summed E-state index contributed by atoms with van der Waals surface area (Å²) in [5.41, 5.74) is 0.590. The van der Waals surface area contributed by atoms with Crippen molar-refractivity contribution in [2.45, 2.75) is 30.8 Å². The number of hydrogen-bond donors (Lipinski definition) is 1. The number of nitrogens with zero attached hydrogens (tertiary/aromatic N) is 1. The van der Waals surface area contributed by atoms with Gasteiger partial charge in [0.1, 0.15) is 0 Å². The van der Waals surface area contributed by atoms with Gasteiger partial charge in [-0.15, -0.1) is 0 Å². The van der Waals surface area contributed by atoms with Gasteiger partial charge in [-0.05, 0) is 43.4 Å². The van der Waals surface area contributed by atoms with Crippen molar-refractivity contribution in [1.29, 1.82) is 0 Å². The molecule has 1 aromatic rings. The summed E-state index contributed by atoms with van der Waals surface area (Å²) in [5, 5.41) is 10.4. The van der Waals surface area contributed by atoms with Crippen molar-refractivity contribution in [3.05, 3.63) is 28.8 Å². The molecule has 3 rings (SSSR count). The largest absolute Gasteiger partial charge is 0.393 e. The maximum absolute atomic E-state index is 12.7. The van der Waals surface area contributed by atoms with E-state index in [1.54, 1.807) is 25.1 Å². The van der Waals surface area contributed by atoms with Gasteiger partial charge in [0.05, 0.1) is 11.0 Å². The summed E-state index contributed by atoms with van der Waals surface area (Å²) in [7, 11) is -3.52. The molecule has 1 aliphatic heterocycles. The van der Waals surface area contributed by atoms with E-state index in [1.165, 1.54) is 4.31 Å². The highest BCUT2D eigenvalue weighted by molar-refractivity contribution is 7.89. The lowest BCUT2D eigenvalue weighted by Crippen LogP contribution is -2.31. The minimum atomic E-state index is -3.52. The van der Waals surface area contributed by atoms with Gasteiger partial charge in [-0.3, -0.25) is 0 Å². The van der Waals surface area contributed by atoms with Crippen LogP contribution < -0.4 is 0 Å². The highest BCUT2D eigenvalue weighted by atomic mass is 35.5. The molecule has 0 amide bonds. The van der Waals surface area contributed by atoms with Crippen LogP contribution in [0.3, 0.4) is 0 Å². The summed E-state index contributed by atoms with van der Waals surface area (Å²) in [6.07, 6.45) is 1.34. The van der Waals surface area contributed by atoms with Gasteiger partial charge in [0.15, 0.2) is 0 Å². The van der Waals surface area contributed by atoms with Crippen molar-refractivity contribution in [3.8, 4) is 0 Å². The van der Waals surface area contributed by atoms with E-state index in [2.05, 4.69) is 0 Å². The van der Waals surface area contributed by atoms with Crippen molar-refractivity contribution in [2.24, 2.45) is 11.8 Å². The summed E-state index contributed by atoms with van der Waals surface area (Å²) in [4.78, 5) is 0.277. The fraction of sp³-hybridized carbons (Fsp3) is 0.571. The molecule has 2 fully saturated rings. The molecule has 110 valence electrons. The highest BCUT2D eigenvalue weighted by Crippen LogP contribution is 2.40. The number of benzene rings is 1. The monoisotopic (exact) mass is 315 g/mol. The van der Waals surface area contributed by atoms with Gasteiger partial charge in [-0.25, -0.2) is 8.42 Å². The molecule has 4 nitrogen and oxygen atoms in total. The van der Waals surface area contributed by atoms with Gasteiger partial charge in [-0.1, -0.05) is 17.7 Å². The van der Waals surface area contributed by atoms with Crippen LogP contribution >= 0.6 is 11.6 Å². The minimum absolute atomic E-state index is 0.0873. The third-order valence-corrected chi connectivity index (χ3v) is 7.01. The van der Waals surface area contributed by atoms with Crippen LogP contribution in [0.1, 0.15) is 18.4 Å². The molecule has 0 spiro atoms. The second kappa shape index (κ2) is 4.98. The quantitative estimate of drug-likeness (QED) is 0.908. The van der Waals surface area contributed by atoms with Crippen molar-refractivity contribution in [1.82, 2.24) is 4.31 Å². The third kappa shape index (κ3) is 2.17. The summed E-state index contributed by atoms with van der Waals surface area (Å²) in [5.74, 6) is 0.378. The molecule has 1 saturated carbocycles. The lowest BCUT2D eigenvalue weighted by atomic mass is 10.00. The zero-order chi connectivity index (χ0) is 14.5. The van der Waals surface area contributed by atoms with Crippen molar-refractivity contribution in [3.63, 3.8) is 0 Å². The highest BCUT2D eigenvalue weighted by Gasteiger charge is 2.45. The van der Waals surface area contributed by atoms with E-state index in [4.69, 9.17) is 11.6 Å². The molecule has 3 unspecified atom stereocenters. The van der Waals surface area contributed by atoms with Gasteiger partial charge in [0, 0.05) is 24.0 Å². The molecule has 1 aliphatic carbocycles. The summed E-state index contributed by atoms with van der Waals surface area (Å²) >= 11 is 6.02. The second-order valence-electron chi connectivity index (χ2n) is 5.75. The first-order valence-electron chi connectivity index (χ1n) is 6.84. The Labute approximate surface area is 124 Å². The van der Waals surface area contributed by atoms with Crippen LogP contribution in [0.25, 0.3) is 0 Å². The second-order valence-corrected chi connectivity index (χ2v) is 8.07. The molecule has 0 bridgehead atoms. The number of hydrogen-bond acceptors (Lipinski definition) is 3. The van der Waals surface area contributed by atoms with Crippen LogP contribution in [-0.2, 0) is 10.0 Å². The number of halogens is 1. The molecule has 2 aliphatic rings. The molecule has 3 atom stereocenters. The lowest BCUT2D eigenvalue weighted by molar-refractivity contribution is 0.129. The average Bonchev–Trinajstić information content (AvgIpc) is 2.96. The zero-order valence-corrected chi connectivity index (χ0v) is 12.9. The third-order valence-electron chi connectivity index (χ3n) is 4.62. The topological polar surface area (TPSA) is 57.6 Å². The zero-order valence-electron chi connectivity index (χ0n) is 11.3. The molecule has 20 heavy (non-hydrogen) atoms. The maximum Gasteiger partial charge on any atom is 0.243 e. The Balaban J connectivity index is 1.92. The van der Waals surface area contributed by atoms with Crippen LogP contribution in [0.5, 0.6) is 0 Å². The fourth-order valence-corrected chi connectivity index (χ4v) is 5.41. The number of aliphatic hydroxyl groups is 1. The van der Waals surface area contributed by atoms with Crippen molar-refractivity contribution in [2.75, 3.05) is 13.1 Å². The molecule has 1 N–H and O–H groups in total. The normalized spacial score (nSPS) is 30.6. The maximum atomic E-state index is 12.7. The van der Waals surface area contributed by atoms with Gasteiger partial charge >= 0.3 is 0 Å². The molecule has 0 radical (unpaired) electrons. The smallest absolute Gasteiger partial charge is 0.243 e. The molecular formula is C14H18ClNO3S. The van der Waals surface area contributed by atoms with Crippen LogP contribution in [0, 0.1) is 18.8 Å². The lowest BCUT2D eigenvalue weighted by Gasteiger charge is -2.19. The number of fused-ring (bicyclic) bond motifs is 1. The standard InChI is InChI=1S/C14H18ClNO3S/c1-9-12(15)3-2-4-14(9)20(18,19)16-7-10-5-6-13(17)11(10)8-16/h2-4,10-11,13,17H,5-8H2,1H3. The first-order chi connectivity index (χ1) is 9.41. The molecule has 1 aromatic carbocycles. The number of aliphatic hydroxyl groups excluding tert-OH is 1. The van der Waals surface area contributed by atoms with Gasteiger partial charge in [-0.2, -0.15) is 4.31 Å². The Hall–Kier alpha value is -0.620. The van der Waals surface area contributed by atoms with E-state index < -0.39 is 10.0 Å². The molecule has 1 heterocycles. The van der Waals surface area contributed by atoms with E-state index in [1.807, 2.05) is 0 Å². The first-order valence-corrected chi connectivity index (χ1v) is 8.66. The van der Waals surface area contributed by atoms with Gasteiger partial charge < -0.3 is 5.11 Å². The Kier molecular flexibility index (Phi) is 3.57. The van der Waals surface area contributed by atoms with Crippen molar-refractivity contribution < 1.29 is 13.5 Å². The Bertz CT molecular complexity index is 631. The molecule has 1 saturated heterocycles. The number of sulfonamides is 1. The Morgan fingerprint density at radius 3 is 2.75 bits per heavy atom. The first kappa shape index (κ1) is 14.3. The Morgan fingerprint density at radius 2 is 2.05 bits per heavy atom. The van der Waals surface area contributed by atoms with E-state index in [-0.39, 0.29) is 16.9 Å². The predicted molar refractivity (Wildman–Crippen MR) is 77.2 cm³/mol. The van der Waals surface area contributed by atoms with Crippen LogP contribution in [0.15, 0.2) is 23.1 Å². The summed E-state index contributed by atoms with van der Waals surface area (Å²) < 4.78 is 27.0. The summed E-state index contributed by atoms with van der Waals surface area (Å²) in [6, 6.07) is 4.95. The van der Waals surface area contributed by atoms with Crippen LogP contribution in [0.2, 0.25) is 5.02 Å².